The molecule has 28 heavy (non-hydrogen) atoms. The molecule has 0 fully saturated rings. The minimum Gasteiger partial charge on any atom is -0.481 e. The lowest BCUT2D eigenvalue weighted by Crippen LogP contribution is -2.54. The van der Waals surface area contributed by atoms with Crippen molar-refractivity contribution in [3.05, 3.63) is 35.9 Å². The Morgan fingerprint density at radius 2 is 1.75 bits per heavy atom. The molecule has 0 aliphatic heterocycles. The van der Waals surface area contributed by atoms with Gasteiger partial charge in [0.25, 0.3) is 0 Å². The van der Waals surface area contributed by atoms with Crippen LogP contribution in [0.2, 0.25) is 0 Å². The van der Waals surface area contributed by atoms with Gasteiger partial charge in [0.05, 0.1) is 13.5 Å². The summed E-state index contributed by atoms with van der Waals surface area (Å²) in [6, 6.07) is 6.51. The van der Waals surface area contributed by atoms with Crippen LogP contribution in [0.1, 0.15) is 32.3 Å². The van der Waals surface area contributed by atoms with Crippen molar-refractivity contribution < 1.29 is 33.8 Å². The highest BCUT2D eigenvalue weighted by Gasteiger charge is 2.31. The molecule has 0 saturated carbocycles. The molecule has 9 nitrogen and oxygen atoms in total. The first kappa shape index (κ1) is 22.9. The van der Waals surface area contributed by atoms with Gasteiger partial charge in [-0.25, -0.2) is 9.59 Å². The molecule has 1 aromatic carbocycles. The Morgan fingerprint density at radius 3 is 2.29 bits per heavy atom. The van der Waals surface area contributed by atoms with E-state index in [9.17, 15) is 19.2 Å². The minimum atomic E-state index is -1.41. The highest BCUT2D eigenvalue weighted by molar-refractivity contribution is 5.92. The minimum absolute atomic E-state index is 0.0360. The first-order valence-electron chi connectivity index (χ1n) is 8.85. The number of hydrogen-bond acceptors (Lipinski definition) is 6. The largest absolute Gasteiger partial charge is 0.481 e. The Bertz CT molecular complexity index is 678. The number of benzene rings is 1. The predicted molar refractivity (Wildman–Crippen MR) is 99.2 cm³/mol. The maximum absolute atomic E-state index is 12.5. The van der Waals surface area contributed by atoms with Crippen molar-refractivity contribution in [3.63, 3.8) is 0 Å². The Morgan fingerprint density at radius 1 is 1.11 bits per heavy atom. The van der Waals surface area contributed by atoms with E-state index < -0.39 is 42.4 Å². The second kappa shape index (κ2) is 11.6. The number of carbonyl (C=O) groups is 4. The average Bonchev–Trinajstić information content (AvgIpc) is 2.69. The summed E-state index contributed by atoms with van der Waals surface area (Å²) in [5, 5.41) is 13.7. The third-order valence-corrected chi connectivity index (χ3v) is 4.17. The van der Waals surface area contributed by atoms with Gasteiger partial charge in [0.1, 0.15) is 18.7 Å². The van der Waals surface area contributed by atoms with Gasteiger partial charge in [-0.2, -0.15) is 0 Å². The van der Waals surface area contributed by atoms with E-state index in [0.717, 1.165) is 5.56 Å². The number of ether oxygens (including phenoxy) is 2. The second-order valence-electron chi connectivity index (χ2n) is 6.25. The monoisotopic (exact) mass is 394 g/mol. The summed E-state index contributed by atoms with van der Waals surface area (Å²) in [6.45, 7) is 3.54. The molecular weight excluding hydrogens is 368 g/mol. The number of aliphatic carboxylic acids is 1. The van der Waals surface area contributed by atoms with Crippen LogP contribution in [-0.2, 0) is 30.5 Å². The van der Waals surface area contributed by atoms with E-state index in [4.69, 9.17) is 9.84 Å². The number of alkyl carbamates (subject to hydrolysis) is 1. The van der Waals surface area contributed by atoms with Crippen LogP contribution in [0.25, 0.3) is 0 Å². The van der Waals surface area contributed by atoms with E-state index >= 15 is 0 Å². The Hall–Kier alpha value is -3.10. The van der Waals surface area contributed by atoms with Crippen molar-refractivity contribution in [2.75, 3.05) is 7.11 Å². The molecule has 0 bridgehead atoms. The molecule has 0 heterocycles. The zero-order chi connectivity index (χ0) is 21.1. The molecule has 3 atom stereocenters. The SMILES string of the molecule is CC[C@H](C)[C@H](NC(=O)[C@H](CC(=O)O)NC(=O)OCc1ccccc1)C(=O)OC. The smallest absolute Gasteiger partial charge is 0.408 e. The number of carboxylic acids is 1. The number of carboxylic acid groups (broad SMARTS) is 1. The molecule has 0 radical (unpaired) electrons. The summed E-state index contributed by atoms with van der Waals surface area (Å²) in [4.78, 5) is 47.5. The Labute approximate surface area is 163 Å². The number of rotatable bonds is 10. The number of esters is 1. The predicted octanol–water partition coefficient (Wildman–Crippen LogP) is 1.46. The molecule has 0 saturated heterocycles. The summed E-state index contributed by atoms with van der Waals surface area (Å²) in [5.41, 5.74) is 0.736. The van der Waals surface area contributed by atoms with Gasteiger partial charge < -0.3 is 25.2 Å². The molecule has 3 N–H and O–H groups in total. The van der Waals surface area contributed by atoms with Crippen LogP contribution in [0.4, 0.5) is 4.79 Å². The van der Waals surface area contributed by atoms with Gasteiger partial charge in [-0.3, -0.25) is 9.59 Å². The van der Waals surface area contributed by atoms with Crippen LogP contribution < -0.4 is 10.6 Å². The molecule has 0 aliphatic rings. The zero-order valence-electron chi connectivity index (χ0n) is 16.1. The summed E-state index contributed by atoms with van der Waals surface area (Å²) < 4.78 is 9.70. The fraction of sp³-hybridized carbons (Fsp3) is 0.474. The number of nitrogens with one attached hydrogen (secondary N) is 2. The average molecular weight is 394 g/mol. The molecular formula is C19H26N2O7. The quantitative estimate of drug-likeness (QED) is 0.512. The molecule has 0 aromatic heterocycles. The summed E-state index contributed by atoms with van der Waals surface area (Å²) >= 11 is 0. The summed E-state index contributed by atoms with van der Waals surface area (Å²) in [6.07, 6.45) is -1.03. The van der Waals surface area contributed by atoms with Crippen molar-refractivity contribution in [2.24, 2.45) is 5.92 Å². The van der Waals surface area contributed by atoms with Crippen LogP contribution in [0.5, 0.6) is 0 Å². The molecule has 1 rings (SSSR count). The first-order chi connectivity index (χ1) is 13.3. The number of carbonyl (C=O) groups excluding carboxylic acids is 3. The molecule has 1 aromatic rings. The van der Waals surface area contributed by atoms with Crippen molar-refractivity contribution in [2.45, 2.75) is 45.4 Å². The van der Waals surface area contributed by atoms with Crippen LogP contribution in [-0.4, -0.2) is 48.2 Å². The number of hydrogen-bond donors (Lipinski definition) is 3. The van der Waals surface area contributed by atoms with Gasteiger partial charge in [-0.15, -0.1) is 0 Å². The van der Waals surface area contributed by atoms with E-state index in [1.807, 2.05) is 13.0 Å². The summed E-state index contributed by atoms with van der Waals surface area (Å²) in [7, 11) is 1.19. The van der Waals surface area contributed by atoms with Gasteiger partial charge in [0, 0.05) is 0 Å². The van der Waals surface area contributed by atoms with Crippen LogP contribution in [0.3, 0.4) is 0 Å². The second-order valence-corrected chi connectivity index (χ2v) is 6.25. The fourth-order valence-corrected chi connectivity index (χ4v) is 2.34. The lowest BCUT2D eigenvalue weighted by molar-refractivity contribution is -0.147. The lowest BCUT2D eigenvalue weighted by atomic mass is 9.98. The van der Waals surface area contributed by atoms with Crippen LogP contribution >= 0.6 is 0 Å². The maximum Gasteiger partial charge on any atom is 0.408 e. The van der Waals surface area contributed by atoms with E-state index in [1.165, 1.54) is 7.11 Å². The van der Waals surface area contributed by atoms with Crippen LogP contribution in [0.15, 0.2) is 30.3 Å². The van der Waals surface area contributed by atoms with Crippen molar-refractivity contribution >= 4 is 23.9 Å². The molecule has 0 unspecified atom stereocenters. The third-order valence-electron chi connectivity index (χ3n) is 4.17. The van der Waals surface area contributed by atoms with Crippen LogP contribution in [0, 0.1) is 5.92 Å². The molecule has 0 aliphatic carbocycles. The van der Waals surface area contributed by atoms with Gasteiger partial charge in [0.15, 0.2) is 0 Å². The molecule has 2 amide bonds. The first-order valence-corrected chi connectivity index (χ1v) is 8.85. The van der Waals surface area contributed by atoms with E-state index in [-0.39, 0.29) is 12.5 Å². The standard InChI is InChI=1S/C19H26N2O7/c1-4-12(2)16(18(25)27-3)21-17(24)14(10-15(22)23)20-19(26)28-11-13-8-6-5-7-9-13/h5-9,12,14,16H,4,10-11H2,1-3H3,(H,20,26)(H,21,24)(H,22,23)/t12-,14-,16-/m0/s1. The highest BCUT2D eigenvalue weighted by atomic mass is 16.5. The molecule has 9 heteroatoms. The molecule has 154 valence electrons. The third kappa shape index (κ3) is 7.65. The number of amides is 2. The van der Waals surface area contributed by atoms with E-state index in [0.29, 0.717) is 6.42 Å². The van der Waals surface area contributed by atoms with Gasteiger partial charge in [0.2, 0.25) is 5.91 Å². The van der Waals surface area contributed by atoms with Gasteiger partial charge in [-0.1, -0.05) is 50.6 Å². The maximum atomic E-state index is 12.5. The normalized spacial score (nSPS) is 13.5. The molecule has 0 spiro atoms. The van der Waals surface area contributed by atoms with Crippen molar-refractivity contribution in [1.29, 1.82) is 0 Å². The van der Waals surface area contributed by atoms with Crippen molar-refractivity contribution in [3.8, 4) is 0 Å². The van der Waals surface area contributed by atoms with E-state index in [1.54, 1.807) is 31.2 Å². The van der Waals surface area contributed by atoms with Gasteiger partial charge >= 0.3 is 18.0 Å². The fourth-order valence-electron chi connectivity index (χ4n) is 2.34. The Balaban J connectivity index is 2.76. The number of methoxy groups -OCH3 is 1. The zero-order valence-corrected chi connectivity index (χ0v) is 16.1. The van der Waals surface area contributed by atoms with Crippen molar-refractivity contribution in [1.82, 2.24) is 10.6 Å². The Kier molecular flexibility index (Phi) is 9.49. The highest BCUT2D eigenvalue weighted by Crippen LogP contribution is 2.10. The van der Waals surface area contributed by atoms with E-state index in [2.05, 4.69) is 15.4 Å². The topological polar surface area (TPSA) is 131 Å². The summed E-state index contributed by atoms with van der Waals surface area (Å²) in [5.74, 6) is -2.99. The lowest BCUT2D eigenvalue weighted by Gasteiger charge is -2.24. The van der Waals surface area contributed by atoms with Gasteiger partial charge in [-0.05, 0) is 11.5 Å².